The number of hydrogen-bond acceptors (Lipinski definition) is 13. The number of likely N-dealkylation sites (N-methyl/N-ethyl adjacent to an activating group) is 1. The van der Waals surface area contributed by atoms with Gasteiger partial charge in [0.05, 0.1) is 26.4 Å². The Morgan fingerprint density at radius 3 is 2.26 bits per heavy atom. The second kappa shape index (κ2) is 17.1. The molecule has 2 saturated heterocycles. The van der Waals surface area contributed by atoms with Crippen molar-refractivity contribution in [2.45, 2.75) is 63.3 Å². The van der Waals surface area contributed by atoms with Crippen molar-refractivity contribution in [1.29, 1.82) is 0 Å². The highest BCUT2D eigenvalue weighted by atomic mass is 16.7. The Morgan fingerprint density at radius 1 is 0.774 bits per heavy atom. The molecule has 3 aromatic rings. The van der Waals surface area contributed by atoms with Crippen molar-refractivity contribution in [2.75, 3.05) is 88.2 Å². The smallest absolute Gasteiger partial charge is 0.339 e. The van der Waals surface area contributed by atoms with Gasteiger partial charge < -0.3 is 57.2 Å². The van der Waals surface area contributed by atoms with E-state index in [1.54, 1.807) is 28.4 Å². The van der Waals surface area contributed by atoms with Crippen LogP contribution in [0.25, 0.3) is 21.9 Å². The number of benzene rings is 3. The minimum Gasteiger partial charge on any atom is -0.493 e. The topological polar surface area (TPSA) is 116 Å². The number of methoxy groups -OCH3 is 4. The molecule has 13 nitrogen and oxygen atoms in total. The maximum Gasteiger partial charge on any atom is 0.339 e. The maximum atomic E-state index is 13.6. The van der Waals surface area contributed by atoms with Gasteiger partial charge >= 0.3 is 5.97 Å². The number of rotatable bonds is 16. The van der Waals surface area contributed by atoms with Gasteiger partial charge in [0.25, 0.3) is 0 Å². The van der Waals surface area contributed by atoms with Crippen LogP contribution in [0.4, 0.5) is 0 Å². The Labute approximate surface area is 311 Å². The van der Waals surface area contributed by atoms with Crippen LogP contribution in [0.3, 0.4) is 0 Å². The summed E-state index contributed by atoms with van der Waals surface area (Å²) < 4.78 is 59.9. The maximum absolute atomic E-state index is 13.6. The Hall–Kier alpha value is -3.85. The summed E-state index contributed by atoms with van der Waals surface area (Å²) in [5, 5.41) is 1.39. The second-order valence-electron chi connectivity index (χ2n) is 14.0. The number of nitrogens with zero attached hydrogens (tertiary/aromatic N) is 2. The van der Waals surface area contributed by atoms with Crippen LogP contribution in [0.1, 0.15) is 48.0 Å². The van der Waals surface area contributed by atoms with Gasteiger partial charge in [0, 0.05) is 63.5 Å². The van der Waals surface area contributed by atoms with Gasteiger partial charge in [0.2, 0.25) is 13.1 Å². The van der Waals surface area contributed by atoms with Gasteiger partial charge in [0.1, 0.15) is 30.7 Å². The number of unbranched alkanes of at least 4 members (excludes halogenated alkanes) is 4. The molecular formula is C40H52N2O11. The summed E-state index contributed by atoms with van der Waals surface area (Å²) in [6.45, 7) is 6.69. The molecule has 0 saturated carbocycles. The molecule has 4 atom stereocenters. The van der Waals surface area contributed by atoms with E-state index in [0.29, 0.717) is 62.8 Å². The van der Waals surface area contributed by atoms with Crippen LogP contribution < -0.4 is 23.7 Å². The molecule has 0 aliphatic carbocycles. The highest BCUT2D eigenvalue weighted by Gasteiger charge is 2.45. The van der Waals surface area contributed by atoms with Crippen molar-refractivity contribution in [3.8, 4) is 39.9 Å². The van der Waals surface area contributed by atoms with E-state index in [4.69, 9.17) is 47.4 Å². The number of esters is 1. The van der Waals surface area contributed by atoms with E-state index in [-0.39, 0.29) is 26.1 Å². The minimum absolute atomic E-state index is 0.0206. The van der Waals surface area contributed by atoms with Crippen LogP contribution in [0.15, 0.2) is 30.3 Å². The van der Waals surface area contributed by atoms with Gasteiger partial charge in [-0.25, -0.2) is 4.79 Å². The molecule has 3 aromatic carbocycles. The van der Waals surface area contributed by atoms with E-state index in [9.17, 15) is 4.79 Å². The summed E-state index contributed by atoms with van der Waals surface area (Å²) >= 11 is 0. The standard InChI is InChI=1S/C40H52N2O11/c1-41-14-16-42(17-15-41)13-9-7-6-8-10-18-48-38-37(47-5)33(46-4)23-50-40(38)53-36-27-21-31(45-3)30(44-2)20-26(27)34(35-28(36)22-49-39(35)43)25-11-12-29-32(19-25)52-24-51-29/h11-12,19-21,33,37-38,40H,6-10,13-18,22-24H2,1-5H3/t33-,37+,38-,40+/m1/s1. The van der Waals surface area contributed by atoms with Crippen LogP contribution in [-0.2, 0) is 30.3 Å². The van der Waals surface area contributed by atoms with Crippen LogP contribution in [-0.4, -0.2) is 129 Å². The SMILES string of the molecule is COc1cc2c(O[C@@H]3OC[C@@H](OC)[C@H](OC)[C@H]3OCCCCCCCN3CCN(C)CC3)c3c(c(-c4ccc5c(c4)OCO5)c2cc1OC)C(=O)OC3. The quantitative estimate of drug-likeness (QED) is 0.141. The van der Waals surface area contributed by atoms with E-state index in [2.05, 4.69) is 16.8 Å². The number of fused-ring (bicyclic) bond motifs is 3. The summed E-state index contributed by atoms with van der Waals surface area (Å²) in [5.41, 5.74) is 2.42. The average molecular weight is 737 g/mol. The summed E-state index contributed by atoms with van der Waals surface area (Å²) in [6.07, 6.45) is 3.22. The average Bonchev–Trinajstić information content (AvgIpc) is 3.82. The lowest BCUT2D eigenvalue weighted by Gasteiger charge is -2.41. The highest BCUT2D eigenvalue weighted by Crippen LogP contribution is 2.50. The van der Waals surface area contributed by atoms with Crippen molar-refractivity contribution in [3.63, 3.8) is 0 Å². The van der Waals surface area contributed by atoms with Gasteiger partial charge in [-0.3, -0.25) is 0 Å². The molecule has 4 aliphatic heterocycles. The first-order chi connectivity index (χ1) is 25.9. The molecule has 0 N–H and O–H groups in total. The molecule has 0 unspecified atom stereocenters. The van der Waals surface area contributed by atoms with E-state index in [0.717, 1.165) is 51.0 Å². The molecule has 13 heteroatoms. The first-order valence-electron chi connectivity index (χ1n) is 18.6. The Kier molecular flexibility index (Phi) is 12.1. The molecule has 4 heterocycles. The van der Waals surface area contributed by atoms with Crippen molar-refractivity contribution in [2.24, 2.45) is 0 Å². The monoisotopic (exact) mass is 736 g/mol. The lowest BCUT2D eigenvalue weighted by molar-refractivity contribution is -0.264. The third kappa shape index (κ3) is 7.87. The molecule has 53 heavy (non-hydrogen) atoms. The van der Waals surface area contributed by atoms with Crippen molar-refractivity contribution in [1.82, 2.24) is 9.80 Å². The third-order valence-electron chi connectivity index (χ3n) is 10.8. The molecule has 0 bridgehead atoms. The summed E-state index contributed by atoms with van der Waals surface area (Å²) in [5.74, 6) is 2.22. The fraction of sp³-hybridized carbons (Fsp3) is 0.575. The Bertz CT molecular complexity index is 1740. The first kappa shape index (κ1) is 37.5. The van der Waals surface area contributed by atoms with Crippen molar-refractivity contribution < 1.29 is 52.2 Å². The predicted molar refractivity (Wildman–Crippen MR) is 196 cm³/mol. The predicted octanol–water partition coefficient (Wildman–Crippen LogP) is 5.27. The molecular weight excluding hydrogens is 684 g/mol. The summed E-state index contributed by atoms with van der Waals surface area (Å²) in [6, 6.07) is 9.33. The third-order valence-corrected chi connectivity index (χ3v) is 10.8. The molecule has 0 radical (unpaired) electrons. The molecule has 0 amide bonds. The number of ether oxygens (including phenoxy) is 10. The molecule has 288 valence electrons. The van der Waals surface area contributed by atoms with E-state index in [1.165, 1.54) is 19.4 Å². The number of hydrogen-bond donors (Lipinski definition) is 0. The largest absolute Gasteiger partial charge is 0.493 e. The Balaban J connectivity index is 1.14. The summed E-state index contributed by atoms with van der Waals surface area (Å²) in [4.78, 5) is 18.5. The lowest BCUT2D eigenvalue weighted by Crippen LogP contribution is -2.57. The molecule has 0 aromatic heterocycles. The Morgan fingerprint density at radius 2 is 1.51 bits per heavy atom. The number of piperazine rings is 1. The second-order valence-corrected chi connectivity index (χ2v) is 14.0. The van der Waals surface area contributed by atoms with Gasteiger partial charge in [0.15, 0.2) is 23.0 Å². The van der Waals surface area contributed by atoms with Crippen molar-refractivity contribution >= 4 is 16.7 Å². The van der Waals surface area contributed by atoms with Gasteiger partial charge in [-0.05, 0) is 61.6 Å². The molecule has 7 rings (SSSR count). The normalized spacial score (nSPS) is 22.9. The number of cyclic esters (lactones) is 1. The first-order valence-corrected chi connectivity index (χ1v) is 18.6. The zero-order valence-corrected chi connectivity index (χ0v) is 31.5. The van der Waals surface area contributed by atoms with Gasteiger partial charge in [-0.1, -0.05) is 25.3 Å². The highest BCUT2D eigenvalue weighted by molar-refractivity contribution is 6.14. The fourth-order valence-electron chi connectivity index (χ4n) is 7.78. The van der Waals surface area contributed by atoms with Gasteiger partial charge in [-0.2, -0.15) is 0 Å². The minimum atomic E-state index is -0.873. The van der Waals surface area contributed by atoms with Crippen molar-refractivity contribution in [3.05, 3.63) is 41.5 Å². The number of carbonyl (C=O) groups excluding carboxylic acids is 1. The van der Waals surface area contributed by atoms with E-state index in [1.807, 2.05) is 30.3 Å². The zero-order valence-electron chi connectivity index (χ0n) is 31.5. The molecule has 4 aliphatic rings. The molecule has 2 fully saturated rings. The van der Waals surface area contributed by atoms with Crippen LogP contribution in [0.2, 0.25) is 0 Å². The van der Waals surface area contributed by atoms with Crippen LogP contribution in [0, 0.1) is 0 Å². The zero-order chi connectivity index (χ0) is 36.9. The van der Waals surface area contributed by atoms with E-state index >= 15 is 0 Å². The fourth-order valence-corrected chi connectivity index (χ4v) is 7.78. The number of carbonyl (C=O) groups is 1. The van der Waals surface area contributed by atoms with E-state index < -0.39 is 24.5 Å². The van der Waals surface area contributed by atoms with Gasteiger partial charge in [-0.15, -0.1) is 0 Å². The van der Waals surface area contributed by atoms with Crippen LogP contribution in [0.5, 0.6) is 28.7 Å². The molecule has 0 spiro atoms. The summed E-state index contributed by atoms with van der Waals surface area (Å²) in [7, 11) is 8.63. The van der Waals surface area contributed by atoms with Crippen LogP contribution >= 0.6 is 0 Å². The lowest BCUT2D eigenvalue weighted by atomic mass is 9.89.